The summed E-state index contributed by atoms with van der Waals surface area (Å²) in [6.45, 7) is 0. The minimum Gasteiger partial charge on any atom is -0.430 e. The summed E-state index contributed by atoms with van der Waals surface area (Å²) in [5.74, 6) is 0.112. The van der Waals surface area contributed by atoms with E-state index in [0.717, 1.165) is 17.7 Å². The zero-order valence-electron chi connectivity index (χ0n) is 11.0. The van der Waals surface area contributed by atoms with Gasteiger partial charge in [0.2, 0.25) is 6.23 Å². The van der Waals surface area contributed by atoms with E-state index in [-0.39, 0.29) is 5.97 Å². The molecule has 1 aromatic carbocycles. The molecule has 2 aliphatic rings. The summed E-state index contributed by atoms with van der Waals surface area (Å²) in [6.07, 6.45) is 4.13. The smallest absolute Gasteiger partial charge is 0.354 e. The molecule has 1 aliphatic heterocycles. The molecule has 3 nitrogen and oxygen atoms in total. The van der Waals surface area contributed by atoms with Gasteiger partial charge < -0.3 is 4.74 Å². The van der Waals surface area contributed by atoms with Crippen LogP contribution in [0.15, 0.2) is 35.3 Å². The molecule has 2 aromatic rings. The molecule has 0 radical (unpaired) electrons. The fourth-order valence-corrected chi connectivity index (χ4v) is 4.12. The lowest BCUT2D eigenvalue weighted by atomic mass is 10.0. The van der Waals surface area contributed by atoms with Gasteiger partial charge in [0, 0.05) is 10.6 Å². The molecule has 1 aromatic heterocycles. The van der Waals surface area contributed by atoms with Gasteiger partial charge in [-0.05, 0) is 30.4 Å². The number of cyclic esters (lactones) is 1. The van der Waals surface area contributed by atoms with Crippen LogP contribution >= 0.6 is 11.3 Å². The monoisotopic (exact) mass is 285 g/mol. The molecule has 0 spiro atoms. The Morgan fingerprint density at radius 3 is 2.80 bits per heavy atom. The lowest BCUT2D eigenvalue weighted by molar-refractivity contribution is -0.138. The normalized spacial score (nSPS) is 23.3. The first-order chi connectivity index (χ1) is 9.81. The number of esters is 1. The van der Waals surface area contributed by atoms with E-state index in [0.29, 0.717) is 11.6 Å². The molecule has 20 heavy (non-hydrogen) atoms. The van der Waals surface area contributed by atoms with Crippen molar-refractivity contribution in [2.24, 2.45) is 10.9 Å². The first-order valence-corrected chi connectivity index (χ1v) is 7.90. The van der Waals surface area contributed by atoms with Crippen LogP contribution in [0.3, 0.4) is 0 Å². The van der Waals surface area contributed by atoms with Crippen molar-refractivity contribution in [3.8, 4) is 0 Å². The van der Waals surface area contributed by atoms with Crippen molar-refractivity contribution >= 4 is 33.1 Å². The van der Waals surface area contributed by atoms with Crippen molar-refractivity contribution in [2.45, 2.75) is 31.9 Å². The van der Waals surface area contributed by atoms with Crippen LogP contribution in [-0.2, 0) is 9.53 Å². The molecule has 1 saturated carbocycles. The van der Waals surface area contributed by atoms with Gasteiger partial charge in [0.1, 0.15) is 5.71 Å². The summed E-state index contributed by atoms with van der Waals surface area (Å²) in [5.41, 5.74) is 0.671. The molecule has 0 saturated heterocycles. The Hall–Kier alpha value is -1.68. The SMILES string of the molecule is O=C1OC(c2cc3ccccc3s2)N=C1C1CCCC1. The number of nitrogens with zero attached hydrogens (tertiary/aromatic N) is 1. The van der Waals surface area contributed by atoms with Crippen molar-refractivity contribution in [2.75, 3.05) is 0 Å². The number of thiophene rings is 1. The Morgan fingerprint density at radius 2 is 2.00 bits per heavy atom. The Labute approximate surface area is 121 Å². The number of aliphatic imine (C=N–C) groups is 1. The van der Waals surface area contributed by atoms with Crippen LogP contribution in [0, 0.1) is 5.92 Å². The van der Waals surface area contributed by atoms with E-state index in [4.69, 9.17) is 4.74 Å². The molecule has 0 amide bonds. The van der Waals surface area contributed by atoms with Crippen molar-refractivity contribution in [1.82, 2.24) is 0 Å². The lowest BCUT2D eigenvalue weighted by Crippen LogP contribution is -2.18. The van der Waals surface area contributed by atoms with Crippen LogP contribution in [0.2, 0.25) is 0 Å². The summed E-state index contributed by atoms with van der Waals surface area (Å²) in [5, 5.41) is 1.19. The zero-order valence-corrected chi connectivity index (χ0v) is 11.9. The van der Waals surface area contributed by atoms with Crippen LogP contribution in [0.4, 0.5) is 0 Å². The van der Waals surface area contributed by atoms with E-state index < -0.39 is 6.23 Å². The van der Waals surface area contributed by atoms with E-state index >= 15 is 0 Å². The molecule has 1 atom stereocenters. The van der Waals surface area contributed by atoms with Crippen molar-refractivity contribution in [3.05, 3.63) is 35.2 Å². The third-order valence-corrected chi connectivity index (χ3v) is 5.26. The minimum atomic E-state index is -0.421. The number of fused-ring (bicyclic) bond motifs is 1. The average Bonchev–Trinajstić information content (AvgIpc) is 3.16. The fourth-order valence-electron chi connectivity index (χ4n) is 3.08. The average molecular weight is 285 g/mol. The van der Waals surface area contributed by atoms with Gasteiger partial charge in [0.05, 0.1) is 4.88 Å². The highest BCUT2D eigenvalue weighted by atomic mass is 32.1. The number of rotatable bonds is 2. The lowest BCUT2D eigenvalue weighted by Gasteiger charge is -2.03. The first kappa shape index (κ1) is 12.1. The van der Waals surface area contributed by atoms with E-state index in [1.54, 1.807) is 11.3 Å². The van der Waals surface area contributed by atoms with Gasteiger partial charge in [-0.15, -0.1) is 11.3 Å². The maximum atomic E-state index is 12.0. The summed E-state index contributed by atoms with van der Waals surface area (Å²) in [7, 11) is 0. The van der Waals surface area contributed by atoms with Gasteiger partial charge in [0.15, 0.2) is 0 Å². The molecule has 4 rings (SSSR count). The number of carbonyl (C=O) groups is 1. The fraction of sp³-hybridized carbons (Fsp3) is 0.375. The molecule has 102 valence electrons. The van der Waals surface area contributed by atoms with Crippen molar-refractivity contribution in [1.29, 1.82) is 0 Å². The van der Waals surface area contributed by atoms with Crippen LogP contribution < -0.4 is 0 Å². The maximum Gasteiger partial charge on any atom is 0.354 e. The molecular formula is C16H15NO2S. The maximum absolute atomic E-state index is 12.0. The highest BCUT2D eigenvalue weighted by molar-refractivity contribution is 7.19. The number of ether oxygens (including phenoxy) is 1. The zero-order chi connectivity index (χ0) is 13.5. The summed E-state index contributed by atoms with van der Waals surface area (Å²) in [4.78, 5) is 17.6. The second kappa shape index (κ2) is 4.70. The molecule has 0 N–H and O–H groups in total. The molecule has 4 heteroatoms. The predicted molar refractivity (Wildman–Crippen MR) is 80.1 cm³/mol. The predicted octanol–water partition coefficient (Wildman–Crippen LogP) is 4.09. The Kier molecular flexibility index (Phi) is 2.84. The number of hydrogen-bond donors (Lipinski definition) is 0. The second-order valence-corrected chi connectivity index (χ2v) is 6.56. The molecule has 1 aliphatic carbocycles. The number of benzene rings is 1. The summed E-state index contributed by atoms with van der Waals surface area (Å²) >= 11 is 1.66. The second-order valence-electron chi connectivity index (χ2n) is 5.44. The summed E-state index contributed by atoms with van der Waals surface area (Å²) in [6, 6.07) is 10.3. The van der Waals surface area contributed by atoms with Crippen molar-refractivity contribution < 1.29 is 9.53 Å². The molecule has 2 heterocycles. The van der Waals surface area contributed by atoms with Gasteiger partial charge in [-0.25, -0.2) is 9.79 Å². The van der Waals surface area contributed by atoms with E-state index in [1.165, 1.54) is 22.9 Å². The quantitative estimate of drug-likeness (QED) is 0.780. The molecule has 1 unspecified atom stereocenters. The number of hydrogen-bond acceptors (Lipinski definition) is 4. The highest BCUT2D eigenvalue weighted by Crippen LogP contribution is 2.37. The minimum absolute atomic E-state index is 0.209. The Morgan fingerprint density at radius 1 is 1.20 bits per heavy atom. The van der Waals surface area contributed by atoms with Crippen LogP contribution in [0.5, 0.6) is 0 Å². The van der Waals surface area contributed by atoms with Gasteiger partial charge >= 0.3 is 5.97 Å². The van der Waals surface area contributed by atoms with Gasteiger partial charge in [-0.3, -0.25) is 0 Å². The van der Waals surface area contributed by atoms with Gasteiger partial charge in [-0.2, -0.15) is 0 Å². The topological polar surface area (TPSA) is 38.7 Å². The van der Waals surface area contributed by atoms with Crippen LogP contribution in [-0.4, -0.2) is 11.7 Å². The van der Waals surface area contributed by atoms with Gasteiger partial charge in [-0.1, -0.05) is 31.0 Å². The van der Waals surface area contributed by atoms with E-state index in [9.17, 15) is 4.79 Å². The standard InChI is InChI=1S/C16H15NO2S/c18-16-14(10-5-1-2-6-10)17-15(19-16)13-9-11-7-3-4-8-12(11)20-13/h3-4,7-10,15H,1-2,5-6H2. The van der Waals surface area contributed by atoms with Gasteiger partial charge in [0.25, 0.3) is 0 Å². The van der Waals surface area contributed by atoms with Crippen LogP contribution in [0.25, 0.3) is 10.1 Å². The Bertz CT molecular complexity index is 664. The van der Waals surface area contributed by atoms with E-state index in [2.05, 4.69) is 23.2 Å². The Balaban J connectivity index is 1.67. The third-order valence-electron chi connectivity index (χ3n) is 4.11. The van der Waals surface area contributed by atoms with Crippen molar-refractivity contribution in [3.63, 3.8) is 0 Å². The van der Waals surface area contributed by atoms with E-state index in [1.807, 2.05) is 12.1 Å². The molecule has 1 fully saturated rings. The van der Waals surface area contributed by atoms with Crippen LogP contribution in [0.1, 0.15) is 36.8 Å². The number of carbonyl (C=O) groups excluding carboxylic acids is 1. The third kappa shape index (κ3) is 1.95. The first-order valence-electron chi connectivity index (χ1n) is 7.08. The highest BCUT2D eigenvalue weighted by Gasteiger charge is 2.35. The largest absolute Gasteiger partial charge is 0.430 e. The summed E-state index contributed by atoms with van der Waals surface area (Å²) < 4.78 is 6.68. The molecular weight excluding hydrogens is 270 g/mol. The molecule has 0 bridgehead atoms.